The van der Waals surface area contributed by atoms with Gasteiger partial charge in [0.15, 0.2) is 0 Å². The lowest BCUT2D eigenvalue weighted by molar-refractivity contribution is -0.370. The molecular weight excluding hydrogens is 486 g/mol. The summed E-state index contributed by atoms with van der Waals surface area (Å²) in [5, 5.41) is 29.5. The maximum Gasteiger partial charge on any atom is 0.426 e. The number of fused-ring (bicyclic) bond motifs is 1. The Morgan fingerprint density at radius 2 is 1.72 bits per heavy atom. The maximum absolute atomic E-state index is 13.0. The lowest BCUT2D eigenvalue weighted by atomic mass is 9.60. The zero-order chi connectivity index (χ0) is 27.1. The predicted octanol–water partition coefficient (Wildman–Crippen LogP) is 6.79. The summed E-state index contributed by atoms with van der Waals surface area (Å²) < 4.78 is 78.1. The molecule has 3 aliphatic carbocycles. The van der Waals surface area contributed by atoms with Gasteiger partial charge in [-0.3, -0.25) is 0 Å². The van der Waals surface area contributed by atoms with Crippen LogP contribution in [0.15, 0.2) is 35.5 Å². The SMILES string of the molecule is C=C1/C(=C/C=C2\CCC[C@]3(C)[C@@H]([C@H](C)CCCC(O)(C(F)(F)F)C(F)(F)F)CC[C@@H]23)C[C@@H](O)C[C@@H]1O. The van der Waals surface area contributed by atoms with E-state index in [-0.39, 0.29) is 42.4 Å². The van der Waals surface area contributed by atoms with E-state index >= 15 is 0 Å². The van der Waals surface area contributed by atoms with Crippen molar-refractivity contribution in [2.24, 2.45) is 23.2 Å². The van der Waals surface area contributed by atoms with Crippen LogP contribution in [0.4, 0.5) is 26.3 Å². The number of hydrogen-bond acceptors (Lipinski definition) is 3. The average molecular weight is 525 g/mol. The van der Waals surface area contributed by atoms with Crippen LogP contribution >= 0.6 is 0 Å². The number of rotatable bonds is 6. The molecule has 36 heavy (non-hydrogen) atoms. The lowest BCUT2D eigenvalue weighted by Gasteiger charge is -2.44. The fourth-order valence-electron chi connectivity index (χ4n) is 7.00. The van der Waals surface area contributed by atoms with Gasteiger partial charge in [-0.1, -0.05) is 44.6 Å². The minimum atomic E-state index is -5.77. The molecule has 9 heteroatoms. The summed E-state index contributed by atoms with van der Waals surface area (Å²) in [6.45, 7) is 8.03. The molecule has 3 N–H and O–H groups in total. The zero-order valence-corrected chi connectivity index (χ0v) is 20.9. The van der Waals surface area contributed by atoms with E-state index in [0.717, 1.165) is 37.7 Å². The predicted molar refractivity (Wildman–Crippen MR) is 125 cm³/mol. The van der Waals surface area contributed by atoms with Crippen molar-refractivity contribution >= 4 is 0 Å². The van der Waals surface area contributed by atoms with Crippen molar-refractivity contribution < 1.29 is 41.7 Å². The van der Waals surface area contributed by atoms with Crippen LogP contribution in [-0.4, -0.2) is 45.5 Å². The van der Waals surface area contributed by atoms with Gasteiger partial charge in [-0.05, 0) is 85.7 Å². The molecule has 0 spiro atoms. The Morgan fingerprint density at radius 1 is 1.08 bits per heavy atom. The Balaban J connectivity index is 1.69. The molecule has 3 rings (SSSR count). The number of allylic oxidation sites excluding steroid dienone is 3. The van der Waals surface area contributed by atoms with Crippen LogP contribution in [0.25, 0.3) is 0 Å². The highest BCUT2D eigenvalue weighted by molar-refractivity contribution is 5.38. The standard InChI is InChI=1S/C27H38F6O3/c1-16(6-4-13-25(36,26(28,29)30)27(31,32)33)21-10-11-22-18(7-5-12-24(21,22)3)8-9-19-14-20(34)15-23(35)17(19)2/h8-9,16,20-23,34-36H,2,4-7,10-15H2,1,3H3/b18-8+,19-9+/t16-,20-,21-,22+,23+,24-/m1/s1. The highest BCUT2D eigenvalue weighted by Gasteiger charge is 2.69. The van der Waals surface area contributed by atoms with Gasteiger partial charge in [-0.2, -0.15) is 26.3 Å². The summed E-state index contributed by atoms with van der Waals surface area (Å²) in [4.78, 5) is 0. The van der Waals surface area contributed by atoms with Crippen LogP contribution < -0.4 is 0 Å². The summed E-state index contributed by atoms with van der Waals surface area (Å²) in [7, 11) is 0. The van der Waals surface area contributed by atoms with E-state index in [1.165, 1.54) is 5.57 Å². The molecule has 0 aromatic carbocycles. The number of aliphatic hydroxyl groups excluding tert-OH is 2. The fourth-order valence-corrected chi connectivity index (χ4v) is 7.00. The smallest absolute Gasteiger partial charge is 0.393 e. The van der Waals surface area contributed by atoms with Crippen LogP contribution in [0.5, 0.6) is 0 Å². The van der Waals surface area contributed by atoms with E-state index in [0.29, 0.717) is 12.0 Å². The van der Waals surface area contributed by atoms with E-state index in [9.17, 15) is 41.7 Å². The number of alkyl halides is 6. The molecule has 0 radical (unpaired) electrons. The maximum atomic E-state index is 13.0. The average Bonchev–Trinajstić information content (AvgIpc) is 3.11. The molecule has 0 amide bonds. The number of hydrogen-bond donors (Lipinski definition) is 3. The van der Waals surface area contributed by atoms with Gasteiger partial charge >= 0.3 is 12.4 Å². The minimum Gasteiger partial charge on any atom is -0.393 e. The van der Waals surface area contributed by atoms with Crippen LogP contribution in [0.3, 0.4) is 0 Å². The second kappa shape index (κ2) is 10.4. The molecule has 0 unspecified atom stereocenters. The summed E-state index contributed by atoms with van der Waals surface area (Å²) in [5.74, 6) is 0.355. The first kappa shape index (κ1) is 29.2. The molecule has 3 fully saturated rings. The van der Waals surface area contributed by atoms with Crippen LogP contribution in [0.2, 0.25) is 0 Å². The molecule has 3 nitrogen and oxygen atoms in total. The summed E-state index contributed by atoms with van der Waals surface area (Å²) in [6, 6.07) is 0. The van der Waals surface area contributed by atoms with Crippen molar-refractivity contribution in [1.82, 2.24) is 0 Å². The molecule has 206 valence electrons. The molecule has 0 heterocycles. The third kappa shape index (κ3) is 5.58. The lowest BCUT2D eigenvalue weighted by Crippen LogP contribution is -2.56. The largest absolute Gasteiger partial charge is 0.426 e. The van der Waals surface area contributed by atoms with E-state index in [1.807, 2.05) is 13.0 Å². The zero-order valence-electron chi connectivity index (χ0n) is 20.9. The number of halogens is 6. The molecule has 0 saturated heterocycles. The highest BCUT2D eigenvalue weighted by Crippen LogP contribution is 2.60. The van der Waals surface area contributed by atoms with Crippen LogP contribution in [0, 0.1) is 23.2 Å². The monoisotopic (exact) mass is 524 g/mol. The third-order valence-electron chi connectivity index (χ3n) is 9.12. The normalized spacial score (nSPS) is 35.4. The van der Waals surface area contributed by atoms with Crippen molar-refractivity contribution in [3.63, 3.8) is 0 Å². The first-order chi connectivity index (χ1) is 16.5. The topological polar surface area (TPSA) is 60.7 Å². The Kier molecular flexibility index (Phi) is 8.48. The second-order valence-corrected chi connectivity index (χ2v) is 11.4. The van der Waals surface area contributed by atoms with Gasteiger partial charge in [-0.15, -0.1) is 0 Å². The van der Waals surface area contributed by atoms with Gasteiger partial charge in [0.25, 0.3) is 5.60 Å². The molecule has 0 bridgehead atoms. The second-order valence-electron chi connectivity index (χ2n) is 11.4. The molecule has 3 saturated carbocycles. The van der Waals surface area contributed by atoms with E-state index in [4.69, 9.17) is 0 Å². The molecule has 6 atom stereocenters. The van der Waals surface area contributed by atoms with Gasteiger partial charge in [0.05, 0.1) is 12.2 Å². The van der Waals surface area contributed by atoms with Crippen molar-refractivity contribution in [3.8, 4) is 0 Å². The molecule has 0 aromatic rings. The third-order valence-corrected chi connectivity index (χ3v) is 9.12. The van der Waals surface area contributed by atoms with Crippen molar-refractivity contribution in [3.05, 3.63) is 35.5 Å². The Hall–Kier alpha value is -1.32. The van der Waals surface area contributed by atoms with Gasteiger partial charge in [0, 0.05) is 6.42 Å². The van der Waals surface area contributed by atoms with Crippen molar-refractivity contribution in [2.45, 2.75) is 108 Å². The van der Waals surface area contributed by atoms with Gasteiger partial charge < -0.3 is 15.3 Å². The van der Waals surface area contributed by atoms with Crippen molar-refractivity contribution in [2.75, 3.05) is 0 Å². The highest BCUT2D eigenvalue weighted by atomic mass is 19.4. The molecule has 3 aliphatic rings. The first-order valence-corrected chi connectivity index (χ1v) is 12.8. The summed E-state index contributed by atoms with van der Waals surface area (Å²) in [6.07, 6.45) is -5.24. The summed E-state index contributed by atoms with van der Waals surface area (Å²) in [5.41, 5.74) is -2.08. The Morgan fingerprint density at radius 3 is 2.33 bits per heavy atom. The van der Waals surface area contributed by atoms with Crippen LogP contribution in [0.1, 0.15) is 78.1 Å². The van der Waals surface area contributed by atoms with E-state index in [1.54, 1.807) is 0 Å². The van der Waals surface area contributed by atoms with E-state index < -0.39 is 36.6 Å². The first-order valence-electron chi connectivity index (χ1n) is 12.8. The number of aliphatic hydroxyl groups is 3. The van der Waals surface area contributed by atoms with E-state index in [2.05, 4.69) is 19.6 Å². The molecular formula is C27H38F6O3. The van der Waals surface area contributed by atoms with Gasteiger partial charge in [-0.25, -0.2) is 0 Å². The van der Waals surface area contributed by atoms with Crippen molar-refractivity contribution in [1.29, 1.82) is 0 Å². The van der Waals surface area contributed by atoms with Crippen LogP contribution in [-0.2, 0) is 0 Å². The Bertz CT molecular complexity index is 860. The Labute approximate surface area is 209 Å². The van der Waals surface area contributed by atoms with Gasteiger partial charge in [0.1, 0.15) is 0 Å². The minimum absolute atomic E-state index is 0.0770. The fraction of sp³-hybridized carbons (Fsp3) is 0.778. The molecule has 0 aliphatic heterocycles. The molecule has 0 aromatic heterocycles. The quantitative estimate of drug-likeness (QED) is 0.336. The summed E-state index contributed by atoms with van der Waals surface area (Å²) >= 11 is 0. The van der Waals surface area contributed by atoms with Gasteiger partial charge in [0.2, 0.25) is 0 Å².